The molecule has 2 aliphatic rings. The van der Waals surface area contributed by atoms with Gasteiger partial charge in [-0.3, -0.25) is 4.79 Å². The molecule has 1 aromatic carbocycles. The lowest BCUT2D eigenvalue weighted by atomic mass is 9.94. The van der Waals surface area contributed by atoms with Crippen molar-refractivity contribution >= 4 is 5.91 Å². The van der Waals surface area contributed by atoms with Crippen LogP contribution in [0.3, 0.4) is 0 Å². The summed E-state index contributed by atoms with van der Waals surface area (Å²) < 4.78 is 10.6. The van der Waals surface area contributed by atoms with Crippen molar-refractivity contribution in [2.45, 2.75) is 30.6 Å². The molecular weight excluding hydrogens is 330 g/mol. The number of rotatable bonds is 4. The molecule has 1 saturated carbocycles. The van der Waals surface area contributed by atoms with Crippen LogP contribution < -0.4 is 0 Å². The molecule has 1 saturated heterocycles. The van der Waals surface area contributed by atoms with Gasteiger partial charge >= 0.3 is 0 Å². The van der Waals surface area contributed by atoms with Crippen LogP contribution in [-0.2, 0) is 10.2 Å². The Morgan fingerprint density at radius 2 is 2.00 bits per heavy atom. The Hall–Kier alpha value is -2.89. The molecule has 0 radical (unpaired) electrons. The number of furan rings is 1. The average Bonchev–Trinajstić information content (AvgIpc) is 3.12. The predicted molar refractivity (Wildman–Crippen MR) is 93.3 cm³/mol. The second-order valence-corrected chi connectivity index (χ2v) is 7.12. The van der Waals surface area contributed by atoms with Crippen molar-refractivity contribution in [1.82, 2.24) is 15.0 Å². The van der Waals surface area contributed by atoms with Crippen LogP contribution in [0.4, 0.5) is 0 Å². The zero-order chi connectivity index (χ0) is 17.6. The topological polar surface area (TPSA) is 72.4 Å². The number of carbonyl (C=O) groups is 1. The van der Waals surface area contributed by atoms with Crippen LogP contribution in [0.25, 0.3) is 11.7 Å². The highest BCUT2D eigenvalue weighted by Crippen LogP contribution is 2.50. The van der Waals surface area contributed by atoms with Gasteiger partial charge < -0.3 is 13.8 Å². The number of aromatic nitrogens is 2. The van der Waals surface area contributed by atoms with E-state index in [2.05, 4.69) is 22.3 Å². The fraction of sp³-hybridized carbons (Fsp3) is 0.350. The molecule has 6 heteroatoms. The quantitative estimate of drug-likeness (QED) is 0.722. The molecule has 1 amide bonds. The fourth-order valence-corrected chi connectivity index (χ4v) is 3.87. The summed E-state index contributed by atoms with van der Waals surface area (Å²) in [7, 11) is 0. The molecule has 1 atom stereocenters. The Morgan fingerprint density at radius 3 is 2.73 bits per heavy atom. The first-order valence-electron chi connectivity index (χ1n) is 8.99. The largest absolute Gasteiger partial charge is 0.459 e. The highest BCUT2D eigenvalue weighted by atomic mass is 16.5. The Kier molecular flexibility index (Phi) is 3.45. The van der Waals surface area contributed by atoms with Crippen LogP contribution in [0.2, 0.25) is 0 Å². The van der Waals surface area contributed by atoms with Crippen molar-refractivity contribution in [2.75, 3.05) is 13.1 Å². The van der Waals surface area contributed by atoms with E-state index in [1.54, 1.807) is 18.4 Å². The highest BCUT2D eigenvalue weighted by molar-refractivity contribution is 5.91. The Balaban J connectivity index is 1.31. The standard InChI is InChI=1S/C20H19N3O3/c24-19(20(9-10-20)15-5-2-1-3-6-15)23-11-8-14(13-23)17-21-18(26-22-17)16-7-4-12-25-16/h1-7,12,14H,8-11,13H2/t14-/m1/s1. The van der Waals surface area contributed by atoms with Gasteiger partial charge in [-0.05, 0) is 37.0 Å². The van der Waals surface area contributed by atoms with E-state index in [4.69, 9.17) is 8.94 Å². The molecule has 6 nitrogen and oxygen atoms in total. The summed E-state index contributed by atoms with van der Waals surface area (Å²) in [6.45, 7) is 1.38. The third kappa shape index (κ3) is 2.44. The second kappa shape index (κ2) is 5.83. The Labute approximate surface area is 150 Å². The number of amides is 1. The van der Waals surface area contributed by atoms with E-state index >= 15 is 0 Å². The van der Waals surface area contributed by atoms with Crippen LogP contribution in [0.15, 0.2) is 57.7 Å². The number of likely N-dealkylation sites (tertiary alicyclic amines) is 1. The van der Waals surface area contributed by atoms with Crippen molar-refractivity contribution in [3.63, 3.8) is 0 Å². The molecule has 0 bridgehead atoms. The minimum Gasteiger partial charge on any atom is -0.459 e. The van der Waals surface area contributed by atoms with E-state index in [1.165, 1.54) is 0 Å². The first-order chi connectivity index (χ1) is 12.8. The molecule has 1 aliphatic carbocycles. The predicted octanol–water partition coefficient (Wildman–Crippen LogP) is 3.38. The fourth-order valence-electron chi connectivity index (χ4n) is 3.87. The van der Waals surface area contributed by atoms with Gasteiger partial charge in [-0.2, -0.15) is 4.98 Å². The Bertz CT molecular complexity index is 913. The minimum atomic E-state index is -0.313. The van der Waals surface area contributed by atoms with E-state index in [1.807, 2.05) is 23.1 Å². The molecule has 132 valence electrons. The third-order valence-electron chi connectivity index (χ3n) is 5.50. The van der Waals surface area contributed by atoms with E-state index in [-0.39, 0.29) is 17.2 Å². The van der Waals surface area contributed by atoms with Crippen molar-refractivity contribution in [3.05, 3.63) is 60.1 Å². The summed E-state index contributed by atoms with van der Waals surface area (Å²) in [5.41, 5.74) is 0.820. The van der Waals surface area contributed by atoms with Crippen LogP contribution in [0.5, 0.6) is 0 Å². The molecule has 0 N–H and O–H groups in total. The van der Waals surface area contributed by atoms with Gasteiger partial charge in [0.15, 0.2) is 11.6 Å². The monoisotopic (exact) mass is 349 g/mol. The maximum Gasteiger partial charge on any atom is 0.293 e. The molecule has 3 aromatic rings. The van der Waals surface area contributed by atoms with Gasteiger partial charge in [-0.15, -0.1) is 0 Å². The van der Waals surface area contributed by atoms with E-state index in [0.29, 0.717) is 24.0 Å². The van der Waals surface area contributed by atoms with Gasteiger partial charge in [0.2, 0.25) is 5.91 Å². The molecule has 0 unspecified atom stereocenters. The summed E-state index contributed by atoms with van der Waals surface area (Å²) in [6, 6.07) is 13.7. The number of carbonyl (C=O) groups excluding carboxylic acids is 1. The molecule has 2 fully saturated rings. The highest BCUT2D eigenvalue weighted by Gasteiger charge is 2.53. The zero-order valence-electron chi connectivity index (χ0n) is 14.3. The normalized spacial score (nSPS) is 21.1. The van der Waals surface area contributed by atoms with Gasteiger partial charge in [0, 0.05) is 19.0 Å². The lowest BCUT2D eigenvalue weighted by Crippen LogP contribution is -2.37. The summed E-state index contributed by atoms with van der Waals surface area (Å²) in [5.74, 6) is 1.95. The molecule has 2 aromatic heterocycles. The molecular formula is C20H19N3O3. The lowest BCUT2D eigenvalue weighted by molar-refractivity contribution is -0.132. The van der Waals surface area contributed by atoms with Crippen molar-refractivity contribution < 1.29 is 13.7 Å². The molecule has 26 heavy (non-hydrogen) atoms. The minimum absolute atomic E-state index is 0.109. The molecule has 5 rings (SSSR count). The summed E-state index contributed by atoms with van der Waals surface area (Å²) >= 11 is 0. The van der Waals surface area contributed by atoms with Crippen LogP contribution in [0.1, 0.15) is 36.6 Å². The molecule has 0 spiro atoms. The molecule has 3 heterocycles. The van der Waals surface area contributed by atoms with Gasteiger partial charge in [0.1, 0.15) is 0 Å². The number of hydrogen-bond donors (Lipinski definition) is 0. The van der Waals surface area contributed by atoms with Crippen molar-refractivity contribution in [3.8, 4) is 11.7 Å². The van der Waals surface area contributed by atoms with E-state index < -0.39 is 0 Å². The average molecular weight is 349 g/mol. The maximum absolute atomic E-state index is 13.1. The van der Waals surface area contributed by atoms with Crippen molar-refractivity contribution in [1.29, 1.82) is 0 Å². The zero-order valence-corrected chi connectivity index (χ0v) is 14.3. The van der Waals surface area contributed by atoms with Crippen LogP contribution in [-0.4, -0.2) is 34.0 Å². The number of nitrogens with zero attached hydrogens (tertiary/aromatic N) is 3. The van der Waals surface area contributed by atoms with Crippen LogP contribution in [0, 0.1) is 0 Å². The van der Waals surface area contributed by atoms with Gasteiger partial charge in [-0.25, -0.2) is 0 Å². The number of benzene rings is 1. The third-order valence-corrected chi connectivity index (χ3v) is 5.50. The van der Waals surface area contributed by atoms with Gasteiger partial charge in [0.05, 0.1) is 11.7 Å². The second-order valence-electron chi connectivity index (χ2n) is 7.12. The van der Waals surface area contributed by atoms with E-state index in [0.717, 1.165) is 31.4 Å². The summed E-state index contributed by atoms with van der Waals surface area (Å²) in [4.78, 5) is 19.6. The lowest BCUT2D eigenvalue weighted by Gasteiger charge is -2.23. The Morgan fingerprint density at radius 1 is 1.15 bits per heavy atom. The van der Waals surface area contributed by atoms with Crippen molar-refractivity contribution in [2.24, 2.45) is 0 Å². The number of hydrogen-bond acceptors (Lipinski definition) is 5. The van der Waals surface area contributed by atoms with Crippen LogP contribution >= 0.6 is 0 Å². The smallest absolute Gasteiger partial charge is 0.293 e. The van der Waals surface area contributed by atoms with Gasteiger partial charge in [0.25, 0.3) is 5.89 Å². The SMILES string of the molecule is O=C(N1CC[C@@H](c2noc(-c3ccco3)n2)C1)C1(c2ccccc2)CC1. The van der Waals surface area contributed by atoms with E-state index in [9.17, 15) is 4.79 Å². The van der Waals surface area contributed by atoms with Gasteiger partial charge in [-0.1, -0.05) is 35.5 Å². The maximum atomic E-state index is 13.1. The first kappa shape index (κ1) is 15.4. The first-order valence-corrected chi connectivity index (χ1v) is 8.99. The summed E-state index contributed by atoms with van der Waals surface area (Å²) in [5, 5.41) is 4.10. The molecule has 1 aliphatic heterocycles. The summed E-state index contributed by atoms with van der Waals surface area (Å²) in [6.07, 6.45) is 4.30.